The standard InChI is InChI=1S/C24H19BrFN3O3/c1-2-31-21-14-15(13-19(25)22(21)32-12-11-27)23-28-20-6-4-3-5-18(20)24(30)29(23)17-9-7-16(26)8-10-17/h3-10,13-14,23,28H,2,12H2,1H3/t23-/m1/s1. The highest BCUT2D eigenvalue weighted by Crippen LogP contribution is 2.42. The molecule has 1 aliphatic heterocycles. The van der Waals surface area contributed by atoms with E-state index in [1.807, 2.05) is 31.2 Å². The van der Waals surface area contributed by atoms with E-state index in [4.69, 9.17) is 14.7 Å². The number of carbonyl (C=O) groups is 1. The molecule has 0 aromatic heterocycles. The summed E-state index contributed by atoms with van der Waals surface area (Å²) < 4.78 is 25.4. The van der Waals surface area contributed by atoms with E-state index in [2.05, 4.69) is 21.2 Å². The molecule has 32 heavy (non-hydrogen) atoms. The average molecular weight is 496 g/mol. The maximum Gasteiger partial charge on any atom is 0.262 e. The largest absolute Gasteiger partial charge is 0.490 e. The summed E-state index contributed by atoms with van der Waals surface area (Å²) in [5.74, 6) is 0.255. The van der Waals surface area contributed by atoms with E-state index >= 15 is 0 Å². The van der Waals surface area contributed by atoms with Gasteiger partial charge < -0.3 is 14.8 Å². The summed E-state index contributed by atoms with van der Waals surface area (Å²) in [6.07, 6.45) is -0.594. The molecule has 1 N–H and O–H groups in total. The van der Waals surface area contributed by atoms with Gasteiger partial charge in [0.05, 0.1) is 16.6 Å². The van der Waals surface area contributed by atoms with Gasteiger partial charge in [0.1, 0.15) is 18.1 Å². The SMILES string of the molecule is CCOc1cc([C@@H]2Nc3ccccc3C(=O)N2c2ccc(F)cc2)cc(Br)c1OCC#N. The molecule has 8 heteroatoms. The number of ether oxygens (including phenoxy) is 2. The zero-order valence-corrected chi connectivity index (χ0v) is 18.7. The van der Waals surface area contributed by atoms with Gasteiger partial charge in [-0.3, -0.25) is 9.69 Å². The van der Waals surface area contributed by atoms with Crippen LogP contribution in [0, 0.1) is 17.1 Å². The summed E-state index contributed by atoms with van der Waals surface area (Å²) in [7, 11) is 0. The van der Waals surface area contributed by atoms with Crippen molar-refractivity contribution in [1.29, 1.82) is 5.26 Å². The quantitative estimate of drug-likeness (QED) is 0.477. The lowest BCUT2D eigenvalue weighted by atomic mass is 10.0. The summed E-state index contributed by atoms with van der Waals surface area (Å²) in [5, 5.41) is 12.3. The third kappa shape index (κ3) is 4.12. The number of nitriles is 1. The molecule has 0 unspecified atom stereocenters. The molecule has 0 fully saturated rings. The van der Waals surface area contributed by atoms with Crippen molar-refractivity contribution >= 4 is 33.2 Å². The number of fused-ring (bicyclic) bond motifs is 1. The number of para-hydroxylation sites is 1. The van der Waals surface area contributed by atoms with E-state index in [9.17, 15) is 9.18 Å². The van der Waals surface area contributed by atoms with E-state index < -0.39 is 6.17 Å². The van der Waals surface area contributed by atoms with E-state index in [1.165, 1.54) is 12.1 Å². The Hall–Kier alpha value is -3.57. The summed E-state index contributed by atoms with van der Waals surface area (Å²) in [4.78, 5) is 15.1. The molecule has 1 amide bonds. The number of benzene rings is 3. The van der Waals surface area contributed by atoms with Crippen LogP contribution in [0.1, 0.15) is 29.0 Å². The summed E-state index contributed by atoms with van der Waals surface area (Å²) >= 11 is 3.50. The number of rotatable bonds is 6. The Labute approximate surface area is 193 Å². The van der Waals surface area contributed by atoms with Crippen LogP contribution in [-0.2, 0) is 0 Å². The van der Waals surface area contributed by atoms with Crippen molar-refractivity contribution < 1.29 is 18.7 Å². The first-order valence-electron chi connectivity index (χ1n) is 9.94. The van der Waals surface area contributed by atoms with Crippen molar-refractivity contribution in [3.05, 3.63) is 82.1 Å². The first-order chi connectivity index (χ1) is 15.5. The lowest BCUT2D eigenvalue weighted by molar-refractivity contribution is 0.0975. The van der Waals surface area contributed by atoms with Gasteiger partial charge in [-0.15, -0.1) is 0 Å². The number of nitrogens with one attached hydrogen (secondary N) is 1. The predicted octanol–water partition coefficient (Wildman–Crippen LogP) is 5.66. The number of carbonyl (C=O) groups excluding carboxylic acids is 1. The highest BCUT2D eigenvalue weighted by molar-refractivity contribution is 9.10. The first-order valence-corrected chi connectivity index (χ1v) is 10.7. The Morgan fingerprint density at radius 1 is 1.16 bits per heavy atom. The molecule has 0 aliphatic carbocycles. The predicted molar refractivity (Wildman–Crippen MR) is 122 cm³/mol. The Kier molecular flexibility index (Phi) is 6.28. The van der Waals surface area contributed by atoms with Crippen LogP contribution < -0.4 is 19.7 Å². The number of amides is 1. The summed E-state index contributed by atoms with van der Waals surface area (Å²) in [5.41, 5.74) is 2.48. The van der Waals surface area contributed by atoms with Crippen LogP contribution in [-0.4, -0.2) is 19.1 Å². The topological polar surface area (TPSA) is 74.6 Å². The maximum atomic E-state index is 13.6. The van der Waals surface area contributed by atoms with Crippen molar-refractivity contribution in [1.82, 2.24) is 0 Å². The molecule has 1 aliphatic rings. The van der Waals surface area contributed by atoms with Crippen LogP contribution in [0.5, 0.6) is 11.5 Å². The van der Waals surface area contributed by atoms with Gasteiger partial charge in [0, 0.05) is 16.9 Å². The van der Waals surface area contributed by atoms with Gasteiger partial charge in [0.15, 0.2) is 18.1 Å². The second-order valence-corrected chi connectivity index (χ2v) is 7.81. The number of nitrogens with zero attached hydrogens (tertiary/aromatic N) is 2. The summed E-state index contributed by atoms with van der Waals surface area (Å²) in [6, 6.07) is 18.5. The molecule has 0 saturated carbocycles. The molecule has 0 spiro atoms. The number of anilines is 2. The van der Waals surface area contributed by atoms with Crippen LogP contribution >= 0.6 is 15.9 Å². The molecule has 3 aromatic rings. The molecule has 0 radical (unpaired) electrons. The van der Waals surface area contributed by atoms with Gasteiger partial charge in [0.25, 0.3) is 5.91 Å². The van der Waals surface area contributed by atoms with Crippen LogP contribution in [0.2, 0.25) is 0 Å². The highest BCUT2D eigenvalue weighted by atomic mass is 79.9. The molecular formula is C24H19BrFN3O3. The van der Waals surface area contributed by atoms with Gasteiger partial charge in [-0.2, -0.15) is 5.26 Å². The third-order valence-electron chi connectivity index (χ3n) is 4.96. The molecule has 162 valence electrons. The minimum absolute atomic E-state index is 0.132. The van der Waals surface area contributed by atoms with Crippen molar-refractivity contribution in [2.24, 2.45) is 0 Å². The molecule has 6 nitrogen and oxygen atoms in total. The van der Waals surface area contributed by atoms with E-state index in [0.29, 0.717) is 39.5 Å². The smallest absolute Gasteiger partial charge is 0.262 e. The first kappa shape index (κ1) is 21.7. The number of halogens is 2. The molecule has 0 saturated heterocycles. The van der Waals surface area contributed by atoms with Gasteiger partial charge in [-0.05, 0) is 71.4 Å². The van der Waals surface area contributed by atoms with E-state index in [0.717, 1.165) is 5.56 Å². The van der Waals surface area contributed by atoms with Crippen LogP contribution in [0.15, 0.2) is 65.1 Å². The minimum Gasteiger partial charge on any atom is -0.490 e. The minimum atomic E-state index is -0.594. The molecule has 1 heterocycles. The van der Waals surface area contributed by atoms with Crippen molar-refractivity contribution in [2.75, 3.05) is 23.4 Å². The lowest BCUT2D eigenvalue weighted by Crippen LogP contribution is -2.43. The number of hydrogen-bond donors (Lipinski definition) is 1. The monoisotopic (exact) mass is 495 g/mol. The van der Waals surface area contributed by atoms with Gasteiger partial charge in [0.2, 0.25) is 0 Å². The van der Waals surface area contributed by atoms with Crippen LogP contribution in [0.4, 0.5) is 15.8 Å². The zero-order valence-electron chi connectivity index (χ0n) is 17.1. The highest BCUT2D eigenvalue weighted by Gasteiger charge is 2.35. The van der Waals surface area contributed by atoms with Crippen LogP contribution in [0.25, 0.3) is 0 Å². The van der Waals surface area contributed by atoms with Gasteiger partial charge >= 0.3 is 0 Å². The fraction of sp³-hybridized carbons (Fsp3) is 0.167. The second kappa shape index (κ2) is 9.28. The van der Waals surface area contributed by atoms with Gasteiger partial charge in [-0.25, -0.2) is 4.39 Å². The zero-order chi connectivity index (χ0) is 22.7. The Bertz CT molecular complexity index is 1190. The fourth-order valence-electron chi connectivity index (χ4n) is 3.61. The lowest BCUT2D eigenvalue weighted by Gasteiger charge is -2.38. The average Bonchev–Trinajstić information content (AvgIpc) is 2.79. The normalized spacial score (nSPS) is 14.9. The van der Waals surface area contributed by atoms with E-state index in [-0.39, 0.29) is 18.3 Å². The Balaban J connectivity index is 1.84. The van der Waals surface area contributed by atoms with Crippen molar-refractivity contribution in [3.8, 4) is 17.6 Å². The maximum absolute atomic E-state index is 13.6. The molecule has 3 aromatic carbocycles. The summed E-state index contributed by atoms with van der Waals surface area (Å²) in [6.45, 7) is 2.10. The second-order valence-electron chi connectivity index (χ2n) is 6.95. The Morgan fingerprint density at radius 3 is 2.62 bits per heavy atom. The third-order valence-corrected chi connectivity index (χ3v) is 5.55. The van der Waals surface area contributed by atoms with E-state index in [1.54, 1.807) is 35.2 Å². The Morgan fingerprint density at radius 2 is 1.91 bits per heavy atom. The van der Waals surface area contributed by atoms with Crippen molar-refractivity contribution in [3.63, 3.8) is 0 Å². The molecule has 0 bridgehead atoms. The molecule has 1 atom stereocenters. The molecular weight excluding hydrogens is 477 g/mol. The van der Waals surface area contributed by atoms with Crippen LogP contribution in [0.3, 0.4) is 0 Å². The fourth-order valence-corrected chi connectivity index (χ4v) is 4.18. The molecule has 4 rings (SSSR count). The van der Waals surface area contributed by atoms with Crippen molar-refractivity contribution in [2.45, 2.75) is 13.1 Å². The van der Waals surface area contributed by atoms with Gasteiger partial charge in [-0.1, -0.05) is 12.1 Å². The number of hydrogen-bond acceptors (Lipinski definition) is 5.